The fourth-order valence-corrected chi connectivity index (χ4v) is 1.87. The van der Waals surface area contributed by atoms with E-state index in [9.17, 15) is 0 Å². The van der Waals surface area contributed by atoms with Crippen LogP contribution in [0, 0.1) is 6.92 Å². The Hall–Kier alpha value is -1.42. The summed E-state index contributed by atoms with van der Waals surface area (Å²) in [6, 6.07) is 18.9. The molecule has 0 fully saturated rings. The van der Waals surface area contributed by atoms with E-state index in [0.717, 1.165) is 0 Å². The van der Waals surface area contributed by atoms with E-state index in [1.807, 2.05) is 6.07 Å². The SMILES string of the molecule is CO[SiH2]OC.Cc1ccccc1-c1ccccc1. The van der Waals surface area contributed by atoms with Gasteiger partial charge in [0.2, 0.25) is 0 Å². The molecule has 0 aliphatic heterocycles. The summed E-state index contributed by atoms with van der Waals surface area (Å²) in [6.07, 6.45) is 0. The molecule has 0 N–H and O–H groups in total. The molecule has 2 rings (SSSR count). The molecule has 0 radical (unpaired) electrons. The third-order valence-corrected chi connectivity index (χ3v) is 2.94. The number of benzene rings is 2. The van der Waals surface area contributed by atoms with Crippen molar-refractivity contribution < 1.29 is 8.85 Å². The minimum atomic E-state index is -0.568. The van der Waals surface area contributed by atoms with Gasteiger partial charge in [0.15, 0.2) is 0 Å². The molecular formula is C15H20O2Si. The molecule has 0 saturated carbocycles. The van der Waals surface area contributed by atoms with Crippen LogP contribution in [0.4, 0.5) is 0 Å². The lowest BCUT2D eigenvalue weighted by Gasteiger charge is -2.04. The van der Waals surface area contributed by atoms with Crippen molar-refractivity contribution in [3.05, 3.63) is 60.2 Å². The third kappa shape index (κ3) is 4.83. The van der Waals surface area contributed by atoms with Crippen molar-refractivity contribution in [2.75, 3.05) is 14.2 Å². The summed E-state index contributed by atoms with van der Waals surface area (Å²) in [5, 5.41) is 0. The van der Waals surface area contributed by atoms with Gasteiger partial charge in [-0.15, -0.1) is 0 Å². The van der Waals surface area contributed by atoms with Gasteiger partial charge in [-0.25, -0.2) is 0 Å². The molecule has 0 aromatic heterocycles. The van der Waals surface area contributed by atoms with Crippen LogP contribution in [-0.4, -0.2) is 24.2 Å². The number of aryl methyl sites for hydroxylation is 1. The molecule has 18 heavy (non-hydrogen) atoms. The highest BCUT2D eigenvalue weighted by molar-refractivity contribution is 6.17. The largest absolute Gasteiger partial charge is 0.402 e. The number of hydrogen-bond acceptors (Lipinski definition) is 2. The maximum atomic E-state index is 4.61. The summed E-state index contributed by atoms with van der Waals surface area (Å²) in [4.78, 5) is 0. The van der Waals surface area contributed by atoms with Gasteiger partial charge in [-0.1, -0.05) is 54.6 Å². The van der Waals surface area contributed by atoms with Crippen LogP contribution in [0.1, 0.15) is 5.56 Å². The van der Waals surface area contributed by atoms with E-state index >= 15 is 0 Å². The molecule has 2 nitrogen and oxygen atoms in total. The number of rotatable bonds is 3. The van der Waals surface area contributed by atoms with Gasteiger partial charge in [-0.3, -0.25) is 0 Å². The predicted octanol–water partition coefficient (Wildman–Crippen LogP) is 2.94. The zero-order valence-corrected chi connectivity index (χ0v) is 12.6. The molecule has 2 aromatic carbocycles. The van der Waals surface area contributed by atoms with Crippen LogP contribution in [0.2, 0.25) is 0 Å². The van der Waals surface area contributed by atoms with Gasteiger partial charge in [0.05, 0.1) is 0 Å². The first-order valence-corrected chi connectivity index (χ1v) is 7.04. The highest BCUT2D eigenvalue weighted by atomic mass is 28.3. The number of hydrogen-bond donors (Lipinski definition) is 0. The molecule has 0 heterocycles. The van der Waals surface area contributed by atoms with Crippen LogP contribution in [0.5, 0.6) is 0 Å². The fraction of sp³-hybridized carbons (Fsp3) is 0.200. The summed E-state index contributed by atoms with van der Waals surface area (Å²) in [7, 11) is 2.73. The fourth-order valence-electron chi connectivity index (χ4n) is 1.63. The second kappa shape index (κ2) is 8.64. The van der Waals surface area contributed by atoms with E-state index in [1.54, 1.807) is 14.2 Å². The Morgan fingerprint density at radius 1 is 0.778 bits per heavy atom. The smallest absolute Gasteiger partial charge is 0.303 e. The second-order valence-corrected chi connectivity index (χ2v) is 5.27. The van der Waals surface area contributed by atoms with Crippen LogP contribution >= 0.6 is 0 Å². The Morgan fingerprint density at radius 3 is 1.83 bits per heavy atom. The van der Waals surface area contributed by atoms with E-state index < -0.39 is 10.0 Å². The lowest BCUT2D eigenvalue weighted by Crippen LogP contribution is -1.93. The molecular weight excluding hydrogens is 240 g/mol. The van der Waals surface area contributed by atoms with Crippen LogP contribution in [0.3, 0.4) is 0 Å². The van der Waals surface area contributed by atoms with E-state index in [-0.39, 0.29) is 0 Å². The van der Waals surface area contributed by atoms with Crippen molar-refractivity contribution >= 4 is 10.0 Å². The monoisotopic (exact) mass is 260 g/mol. The Labute approximate surface area is 112 Å². The van der Waals surface area contributed by atoms with Gasteiger partial charge in [0.25, 0.3) is 0 Å². The first kappa shape index (κ1) is 14.6. The van der Waals surface area contributed by atoms with Crippen molar-refractivity contribution in [3.63, 3.8) is 0 Å². The Morgan fingerprint density at radius 2 is 1.33 bits per heavy atom. The van der Waals surface area contributed by atoms with Gasteiger partial charge < -0.3 is 8.85 Å². The Kier molecular flexibility index (Phi) is 7.02. The minimum absolute atomic E-state index is 0.568. The summed E-state index contributed by atoms with van der Waals surface area (Å²) in [6.45, 7) is 2.14. The van der Waals surface area contributed by atoms with Crippen molar-refractivity contribution in [1.82, 2.24) is 0 Å². The molecule has 0 aliphatic rings. The summed E-state index contributed by atoms with van der Waals surface area (Å²) < 4.78 is 9.22. The molecule has 0 spiro atoms. The lowest BCUT2D eigenvalue weighted by molar-refractivity contribution is 0.309. The average Bonchev–Trinajstić information content (AvgIpc) is 2.42. The van der Waals surface area contributed by atoms with Crippen LogP contribution < -0.4 is 0 Å². The summed E-state index contributed by atoms with van der Waals surface area (Å²) in [5.41, 5.74) is 3.94. The van der Waals surface area contributed by atoms with Crippen LogP contribution in [0.15, 0.2) is 54.6 Å². The molecule has 0 saturated heterocycles. The average molecular weight is 260 g/mol. The molecule has 2 aromatic rings. The van der Waals surface area contributed by atoms with E-state index in [4.69, 9.17) is 0 Å². The molecule has 0 bridgehead atoms. The molecule has 3 heteroatoms. The van der Waals surface area contributed by atoms with Gasteiger partial charge in [0, 0.05) is 14.2 Å². The zero-order chi connectivity index (χ0) is 13.2. The normalized spacial score (nSPS) is 9.50. The second-order valence-electron chi connectivity index (χ2n) is 3.88. The highest BCUT2D eigenvalue weighted by Gasteiger charge is 1.97. The van der Waals surface area contributed by atoms with E-state index in [1.165, 1.54) is 16.7 Å². The molecule has 0 unspecified atom stereocenters. The topological polar surface area (TPSA) is 18.5 Å². The Balaban J connectivity index is 0.000000280. The van der Waals surface area contributed by atoms with E-state index in [2.05, 4.69) is 64.3 Å². The van der Waals surface area contributed by atoms with Gasteiger partial charge >= 0.3 is 10.0 Å². The van der Waals surface area contributed by atoms with Crippen molar-refractivity contribution in [2.24, 2.45) is 0 Å². The van der Waals surface area contributed by atoms with Crippen LogP contribution in [-0.2, 0) is 8.85 Å². The Bertz CT molecular complexity index is 441. The lowest BCUT2D eigenvalue weighted by atomic mass is 10.0. The van der Waals surface area contributed by atoms with Gasteiger partial charge in [-0.2, -0.15) is 0 Å². The summed E-state index contributed by atoms with van der Waals surface area (Å²) >= 11 is 0. The standard InChI is InChI=1S/C13H12.C2H8O2Si/c1-11-7-5-6-10-13(11)12-8-3-2-4-9-12;1-3-5-4-2/h2-10H,1H3;5H2,1-2H3. The highest BCUT2D eigenvalue weighted by Crippen LogP contribution is 2.21. The summed E-state index contributed by atoms with van der Waals surface area (Å²) in [5.74, 6) is 0. The maximum Gasteiger partial charge on any atom is 0.303 e. The van der Waals surface area contributed by atoms with Crippen molar-refractivity contribution in [1.29, 1.82) is 0 Å². The molecule has 0 atom stereocenters. The van der Waals surface area contributed by atoms with Gasteiger partial charge in [-0.05, 0) is 23.6 Å². The van der Waals surface area contributed by atoms with Crippen LogP contribution in [0.25, 0.3) is 11.1 Å². The maximum absolute atomic E-state index is 4.61. The first-order valence-electron chi connectivity index (χ1n) is 5.88. The zero-order valence-electron chi connectivity index (χ0n) is 11.2. The van der Waals surface area contributed by atoms with Gasteiger partial charge in [0.1, 0.15) is 0 Å². The minimum Gasteiger partial charge on any atom is -0.402 e. The molecule has 0 amide bonds. The molecule has 0 aliphatic carbocycles. The quantitative estimate of drug-likeness (QED) is 0.790. The molecule has 96 valence electrons. The van der Waals surface area contributed by atoms with Crippen molar-refractivity contribution in [3.8, 4) is 11.1 Å². The van der Waals surface area contributed by atoms with Crippen molar-refractivity contribution in [2.45, 2.75) is 6.92 Å². The third-order valence-electron chi connectivity index (χ3n) is 2.47. The predicted molar refractivity (Wildman–Crippen MR) is 79.2 cm³/mol. The van der Waals surface area contributed by atoms with E-state index in [0.29, 0.717) is 0 Å². The first-order chi connectivity index (χ1) is 8.79.